The lowest BCUT2D eigenvalue weighted by molar-refractivity contribution is -0.153. The summed E-state index contributed by atoms with van der Waals surface area (Å²) in [5, 5.41) is 1.47. The van der Waals surface area contributed by atoms with E-state index < -0.39 is 29.2 Å². The first-order valence-corrected chi connectivity index (χ1v) is 10.3. The van der Waals surface area contributed by atoms with Gasteiger partial charge in [-0.25, -0.2) is 4.79 Å². The van der Waals surface area contributed by atoms with Crippen LogP contribution >= 0.6 is 11.8 Å². The van der Waals surface area contributed by atoms with Gasteiger partial charge in [0.2, 0.25) is 5.12 Å². The molecule has 4 rings (SSSR count). The zero-order valence-electron chi connectivity index (χ0n) is 16.2. The maximum atomic E-state index is 12.6. The van der Waals surface area contributed by atoms with Crippen LogP contribution in [-0.4, -0.2) is 45.8 Å². The Bertz CT molecular complexity index is 1040. The fourth-order valence-electron chi connectivity index (χ4n) is 3.14. The summed E-state index contributed by atoms with van der Waals surface area (Å²) in [7, 11) is 0. The first-order chi connectivity index (χ1) is 15.0. The van der Waals surface area contributed by atoms with Crippen molar-refractivity contribution in [2.24, 2.45) is 0 Å². The summed E-state index contributed by atoms with van der Waals surface area (Å²) >= 11 is 0.867. The molecule has 0 saturated carbocycles. The molecule has 0 aliphatic carbocycles. The van der Waals surface area contributed by atoms with E-state index in [1.165, 1.54) is 4.90 Å². The van der Waals surface area contributed by atoms with Gasteiger partial charge in [-0.05, 0) is 17.7 Å². The van der Waals surface area contributed by atoms with Crippen molar-refractivity contribution in [3.8, 4) is 5.75 Å². The standard InChI is InChI=1S/C22H18N2O6S/c25-17(13-29-15-9-5-2-6-10-15)23-19-20(27)24-16(11-18(26)31-21(19)24)22(28)30-12-14-7-3-1-4-8-14/h1-11,19,21H,12-13H2,(H,23,25)/t19-,21-/m1/s1. The first-order valence-electron chi connectivity index (χ1n) is 9.46. The highest BCUT2D eigenvalue weighted by molar-refractivity contribution is 8.14. The quantitative estimate of drug-likeness (QED) is 0.518. The highest BCUT2D eigenvalue weighted by atomic mass is 32.2. The average molecular weight is 438 g/mol. The van der Waals surface area contributed by atoms with Crippen LogP contribution < -0.4 is 10.1 Å². The number of amides is 2. The summed E-state index contributed by atoms with van der Waals surface area (Å²) in [6.07, 6.45) is 1.09. The summed E-state index contributed by atoms with van der Waals surface area (Å²) in [4.78, 5) is 50.6. The molecular weight excluding hydrogens is 420 g/mol. The fourth-order valence-corrected chi connectivity index (χ4v) is 4.20. The molecule has 158 valence electrons. The maximum Gasteiger partial charge on any atom is 0.355 e. The summed E-state index contributed by atoms with van der Waals surface area (Å²) in [6, 6.07) is 16.9. The second-order valence-corrected chi connectivity index (χ2v) is 7.89. The van der Waals surface area contributed by atoms with Crippen molar-refractivity contribution in [1.29, 1.82) is 0 Å². The van der Waals surface area contributed by atoms with E-state index in [0.717, 1.165) is 23.4 Å². The van der Waals surface area contributed by atoms with Crippen LogP contribution in [0.3, 0.4) is 0 Å². The third kappa shape index (κ3) is 4.61. The van der Waals surface area contributed by atoms with Crippen molar-refractivity contribution in [2.75, 3.05) is 6.61 Å². The summed E-state index contributed by atoms with van der Waals surface area (Å²) in [6.45, 7) is -0.261. The van der Waals surface area contributed by atoms with Gasteiger partial charge in [0.15, 0.2) is 6.61 Å². The van der Waals surface area contributed by atoms with Gasteiger partial charge >= 0.3 is 5.97 Å². The van der Waals surface area contributed by atoms with Gasteiger partial charge in [0.1, 0.15) is 29.5 Å². The molecule has 2 aliphatic heterocycles. The highest BCUT2D eigenvalue weighted by Crippen LogP contribution is 2.38. The molecule has 8 nitrogen and oxygen atoms in total. The molecule has 2 atom stereocenters. The van der Waals surface area contributed by atoms with Crippen molar-refractivity contribution in [3.05, 3.63) is 78.0 Å². The van der Waals surface area contributed by atoms with Crippen LogP contribution in [0.5, 0.6) is 5.75 Å². The third-order valence-corrected chi connectivity index (χ3v) is 5.72. The largest absolute Gasteiger partial charge is 0.484 e. The highest BCUT2D eigenvalue weighted by Gasteiger charge is 2.54. The number of carbonyl (C=O) groups is 4. The number of β-lactam (4-membered cyclic amide) rings is 1. The summed E-state index contributed by atoms with van der Waals surface area (Å²) < 4.78 is 10.6. The second-order valence-electron chi connectivity index (χ2n) is 6.77. The van der Waals surface area contributed by atoms with E-state index in [4.69, 9.17) is 9.47 Å². The number of para-hydroxylation sites is 1. The zero-order valence-corrected chi connectivity index (χ0v) is 17.0. The van der Waals surface area contributed by atoms with Crippen molar-refractivity contribution in [2.45, 2.75) is 18.0 Å². The van der Waals surface area contributed by atoms with Gasteiger partial charge in [0.25, 0.3) is 11.8 Å². The van der Waals surface area contributed by atoms with Crippen molar-refractivity contribution >= 4 is 34.7 Å². The number of nitrogens with one attached hydrogen (secondary N) is 1. The van der Waals surface area contributed by atoms with Gasteiger partial charge in [0, 0.05) is 6.08 Å². The Labute approximate surface area is 182 Å². The molecule has 9 heteroatoms. The number of hydrogen-bond donors (Lipinski definition) is 1. The van der Waals surface area contributed by atoms with Gasteiger partial charge < -0.3 is 14.8 Å². The van der Waals surface area contributed by atoms with E-state index >= 15 is 0 Å². The summed E-state index contributed by atoms with van der Waals surface area (Å²) in [5.74, 6) is -1.24. The average Bonchev–Trinajstić information content (AvgIpc) is 2.80. The molecule has 1 fully saturated rings. The Morgan fingerprint density at radius 1 is 1.00 bits per heavy atom. The molecule has 31 heavy (non-hydrogen) atoms. The van der Waals surface area contributed by atoms with Crippen LogP contribution in [0, 0.1) is 0 Å². The lowest BCUT2D eigenvalue weighted by Crippen LogP contribution is -2.70. The van der Waals surface area contributed by atoms with Gasteiger partial charge in [-0.1, -0.05) is 60.3 Å². The van der Waals surface area contributed by atoms with Crippen molar-refractivity contribution < 1.29 is 28.7 Å². The molecule has 2 aliphatic rings. The van der Waals surface area contributed by atoms with Gasteiger partial charge in [-0.15, -0.1) is 0 Å². The molecule has 1 saturated heterocycles. The van der Waals surface area contributed by atoms with Gasteiger partial charge in [-0.2, -0.15) is 0 Å². The number of fused-ring (bicyclic) bond motifs is 1. The van der Waals surface area contributed by atoms with Crippen LogP contribution in [0.4, 0.5) is 0 Å². The van der Waals surface area contributed by atoms with E-state index in [1.54, 1.807) is 36.4 Å². The number of thioether (sulfide) groups is 1. The Morgan fingerprint density at radius 2 is 1.68 bits per heavy atom. The zero-order chi connectivity index (χ0) is 21.8. The van der Waals surface area contributed by atoms with E-state index in [1.807, 2.05) is 24.3 Å². The Balaban J connectivity index is 1.35. The van der Waals surface area contributed by atoms with Crippen LogP contribution in [0.1, 0.15) is 5.56 Å². The molecule has 0 bridgehead atoms. The smallest absolute Gasteiger partial charge is 0.355 e. The molecule has 2 heterocycles. The minimum atomic E-state index is -0.925. The number of ether oxygens (including phenoxy) is 2. The first kappa shape index (κ1) is 20.7. The lowest BCUT2D eigenvalue weighted by Gasteiger charge is -2.47. The predicted octanol–water partition coefficient (Wildman–Crippen LogP) is 1.62. The second kappa shape index (κ2) is 9.05. The fraction of sp³-hybridized carbons (Fsp3) is 0.182. The molecule has 2 aromatic rings. The summed E-state index contributed by atoms with van der Waals surface area (Å²) in [5.41, 5.74) is 0.656. The van der Waals surface area contributed by atoms with E-state index in [9.17, 15) is 19.2 Å². The monoisotopic (exact) mass is 438 g/mol. The molecule has 0 radical (unpaired) electrons. The molecule has 1 N–H and O–H groups in total. The number of rotatable bonds is 7. The predicted molar refractivity (Wildman–Crippen MR) is 111 cm³/mol. The molecule has 2 amide bonds. The number of nitrogens with zero attached hydrogens (tertiary/aromatic N) is 1. The van der Waals surface area contributed by atoms with E-state index in [-0.39, 0.29) is 24.0 Å². The molecule has 0 spiro atoms. The number of benzene rings is 2. The van der Waals surface area contributed by atoms with Crippen LogP contribution in [0.25, 0.3) is 0 Å². The number of esters is 1. The van der Waals surface area contributed by atoms with Gasteiger partial charge in [0.05, 0.1) is 0 Å². The normalized spacial score (nSPS) is 19.6. The van der Waals surface area contributed by atoms with Crippen molar-refractivity contribution in [3.63, 3.8) is 0 Å². The van der Waals surface area contributed by atoms with E-state index in [0.29, 0.717) is 5.75 Å². The van der Waals surface area contributed by atoms with Crippen LogP contribution in [-0.2, 0) is 30.5 Å². The molecule has 0 unspecified atom stereocenters. The molecule has 0 aromatic heterocycles. The SMILES string of the molecule is O=C(COc1ccccc1)N[C@@H]1C(=O)N2C(C(=O)OCc3ccccc3)=CC(=O)S[C@H]12. The lowest BCUT2D eigenvalue weighted by atomic mass is 10.1. The van der Waals surface area contributed by atoms with Crippen molar-refractivity contribution in [1.82, 2.24) is 10.2 Å². The van der Waals surface area contributed by atoms with Gasteiger partial charge in [-0.3, -0.25) is 19.3 Å². The minimum absolute atomic E-state index is 0.0159. The third-order valence-electron chi connectivity index (χ3n) is 4.65. The minimum Gasteiger partial charge on any atom is -0.484 e. The van der Waals surface area contributed by atoms with E-state index in [2.05, 4.69) is 5.32 Å². The Hall–Kier alpha value is -3.59. The Morgan fingerprint density at radius 3 is 2.39 bits per heavy atom. The number of hydrogen-bond acceptors (Lipinski definition) is 7. The molecule has 2 aromatic carbocycles. The van der Waals surface area contributed by atoms with Crippen LogP contribution in [0.15, 0.2) is 72.4 Å². The number of carbonyl (C=O) groups excluding carboxylic acids is 4. The Kier molecular flexibility index (Phi) is 6.03. The van der Waals surface area contributed by atoms with Crippen LogP contribution in [0.2, 0.25) is 0 Å². The topological polar surface area (TPSA) is 102 Å². The molecular formula is C22H18N2O6S. The maximum absolute atomic E-state index is 12.6.